The van der Waals surface area contributed by atoms with Crippen LogP contribution in [0.2, 0.25) is 0 Å². The minimum absolute atomic E-state index is 0.0287. The van der Waals surface area contributed by atoms with Crippen LogP contribution >= 0.6 is 11.8 Å². The Hall–Kier alpha value is -2.53. The van der Waals surface area contributed by atoms with Gasteiger partial charge in [-0.25, -0.2) is 4.98 Å². The summed E-state index contributed by atoms with van der Waals surface area (Å²) in [5, 5.41) is 3.69. The molecule has 1 unspecified atom stereocenters. The maximum atomic E-state index is 12.7. The molecule has 4 nitrogen and oxygen atoms in total. The Morgan fingerprint density at radius 3 is 2.64 bits per heavy atom. The molecule has 1 aromatic heterocycles. The number of thioether (sulfide) groups is 1. The van der Waals surface area contributed by atoms with E-state index in [2.05, 4.69) is 17.2 Å². The second-order valence-electron chi connectivity index (χ2n) is 5.66. The van der Waals surface area contributed by atoms with Gasteiger partial charge >= 0.3 is 0 Å². The molecule has 0 saturated heterocycles. The normalized spacial score (nSPS) is 11.9. The predicted octanol–water partition coefficient (Wildman–Crippen LogP) is 4.69. The lowest BCUT2D eigenvalue weighted by Gasteiger charge is -2.15. The highest BCUT2D eigenvalue weighted by Crippen LogP contribution is 2.29. The van der Waals surface area contributed by atoms with E-state index in [1.54, 1.807) is 6.20 Å². The number of nitrogens with zero attached hydrogens (tertiary/aromatic N) is 2. The zero-order valence-corrected chi connectivity index (χ0v) is 15.2. The average Bonchev–Trinajstić information content (AvgIpc) is 3.10. The number of hydrogen-bond donors (Lipinski definition) is 1. The van der Waals surface area contributed by atoms with Gasteiger partial charge in [-0.1, -0.05) is 60.3 Å². The highest BCUT2D eigenvalue weighted by Gasteiger charge is 2.18. The van der Waals surface area contributed by atoms with Gasteiger partial charge in [-0.15, -0.1) is 0 Å². The van der Waals surface area contributed by atoms with Crippen molar-refractivity contribution in [2.75, 3.05) is 5.32 Å². The Labute approximate surface area is 152 Å². The maximum Gasteiger partial charge on any atom is 0.237 e. The standard InChI is InChI=1S/C20H21N3OS/c1-3-23-14-13-21-20(23)25-15(2)19(24)22-18-12-8-7-11-17(18)16-9-5-4-6-10-16/h4-15H,3H2,1-2H3,(H,22,24). The van der Waals surface area contributed by atoms with Crippen LogP contribution in [0, 0.1) is 0 Å². The number of nitrogens with one attached hydrogen (secondary N) is 1. The molecule has 0 spiro atoms. The predicted molar refractivity (Wildman–Crippen MR) is 104 cm³/mol. The molecule has 1 N–H and O–H groups in total. The number of para-hydroxylation sites is 1. The van der Waals surface area contributed by atoms with Gasteiger partial charge in [0.05, 0.1) is 5.25 Å². The third-order valence-electron chi connectivity index (χ3n) is 3.94. The van der Waals surface area contributed by atoms with Gasteiger partial charge in [0, 0.05) is 30.2 Å². The first-order valence-corrected chi connectivity index (χ1v) is 9.20. The van der Waals surface area contributed by atoms with Crippen LogP contribution in [0.5, 0.6) is 0 Å². The molecule has 1 atom stereocenters. The summed E-state index contributed by atoms with van der Waals surface area (Å²) < 4.78 is 2.03. The summed E-state index contributed by atoms with van der Waals surface area (Å²) in [4.78, 5) is 17.0. The molecular weight excluding hydrogens is 330 g/mol. The number of carbonyl (C=O) groups excluding carboxylic acids is 1. The Morgan fingerprint density at radius 2 is 1.88 bits per heavy atom. The SMILES string of the molecule is CCn1ccnc1SC(C)C(=O)Nc1ccccc1-c1ccccc1. The summed E-state index contributed by atoms with van der Waals surface area (Å²) in [6, 6.07) is 17.9. The Bertz CT molecular complexity index is 845. The van der Waals surface area contributed by atoms with Crippen LogP contribution in [0.1, 0.15) is 13.8 Å². The molecule has 0 bridgehead atoms. The smallest absolute Gasteiger partial charge is 0.237 e. The minimum atomic E-state index is -0.239. The van der Waals surface area contributed by atoms with E-state index in [4.69, 9.17) is 0 Å². The Kier molecular flexibility index (Phi) is 5.56. The molecule has 0 aliphatic heterocycles. The van der Waals surface area contributed by atoms with E-state index in [1.807, 2.05) is 72.3 Å². The van der Waals surface area contributed by atoms with Crippen LogP contribution in [0.4, 0.5) is 5.69 Å². The van der Waals surface area contributed by atoms with Crippen LogP contribution in [-0.4, -0.2) is 20.7 Å². The van der Waals surface area contributed by atoms with Gasteiger partial charge in [-0.3, -0.25) is 4.79 Å². The van der Waals surface area contributed by atoms with Gasteiger partial charge in [-0.05, 0) is 25.5 Å². The van der Waals surface area contributed by atoms with Crippen molar-refractivity contribution in [1.29, 1.82) is 0 Å². The summed E-state index contributed by atoms with van der Waals surface area (Å²) in [6.07, 6.45) is 3.69. The summed E-state index contributed by atoms with van der Waals surface area (Å²) in [5.41, 5.74) is 2.92. The molecule has 1 amide bonds. The summed E-state index contributed by atoms with van der Waals surface area (Å²) in [7, 11) is 0. The van der Waals surface area contributed by atoms with Crippen molar-refractivity contribution in [2.45, 2.75) is 30.8 Å². The number of hydrogen-bond acceptors (Lipinski definition) is 3. The molecule has 0 saturated carbocycles. The van der Waals surface area contributed by atoms with Gasteiger partial charge in [0.2, 0.25) is 5.91 Å². The van der Waals surface area contributed by atoms with E-state index in [0.29, 0.717) is 0 Å². The average molecular weight is 351 g/mol. The number of imidazole rings is 1. The first-order valence-electron chi connectivity index (χ1n) is 8.32. The molecule has 5 heteroatoms. The fraction of sp³-hybridized carbons (Fsp3) is 0.200. The molecule has 0 aliphatic carbocycles. The summed E-state index contributed by atoms with van der Waals surface area (Å²) in [6.45, 7) is 4.81. The number of rotatable bonds is 6. The number of aryl methyl sites for hydroxylation is 1. The maximum absolute atomic E-state index is 12.7. The van der Waals surface area contributed by atoms with Crippen molar-refractivity contribution in [2.24, 2.45) is 0 Å². The monoisotopic (exact) mass is 351 g/mol. The van der Waals surface area contributed by atoms with Crippen molar-refractivity contribution in [3.05, 3.63) is 67.0 Å². The molecule has 25 heavy (non-hydrogen) atoms. The second-order valence-corrected chi connectivity index (χ2v) is 6.96. The minimum Gasteiger partial charge on any atom is -0.326 e. The van der Waals surface area contributed by atoms with Gasteiger partial charge in [0.25, 0.3) is 0 Å². The number of aromatic nitrogens is 2. The zero-order chi connectivity index (χ0) is 17.6. The van der Waals surface area contributed by atoms with E-state index < -0.39 is 0 Å². The highest BCUT2D eigenvalue weighted by atomic mass is 32.2. The van der Waals surface area contributed by atoms with E-state index in [0.717, 1.165) is 28.5 Å². The molecule has 128 valence electrons. The molecule has 1 heterocycles. The van der Waals surface area contributed by atoms with Gasteiger partial charge in [-0.2, -0.15) is 0 Å². The first-order chi connectivity index (χ1) is 12.2. The molecule has 0 radical (unpaired) electrons. The van der Waals surface area contributed by atoms with Gasteiger partial charge in [0.1, 0.15) is 0 Å². The van der Waals surface area contributed by atoms with E-state index in [9.17, 15) is 4.79 Å². The largest absolute Gasteiger partial charge is 0.326 e. The summed E-state index contributed by atoms with van der Waals surface area (Å²) >= 11 is 1.47. The number of anilines is 1. The molecule has 3 rings (SSSR count). The van der Waals surface area contributed by atoms with Crippen LogP contribution in [-0.2, 0) is 11.3 Å². The van der Waals surface area contributed by atoms with Crippen molar-refractivity contribution < 1.29 is 4.79 Å². The van der Waals surface area contributed by atoms with Crippen LogP contribution in [0.15, 0.2) is 72.1 Å². The van der Waals surface area contributed by atoms with E-state index in [1.165, 1.54) is 11.8 Å². The van der Waals surface area contributed by atoms with Crippen molar-refractivity contribution in [1.82, 2.24) is 9.55 Å². The van der Waals surface area contributed by atoms with Crippen molar-refractivity contribution >= 4 is 23.4 Å². The molecule has 0 fully saturated rings. The topological polar surface area (TPSA) is 46.9 Å². The Balaban J connectivity index is 1.75. The number of carbonyl (C=O) groups is 1. The van der Waals surface area contributed by atoms with Crippen molar-refractivity contribution in [3.8, 4) is 11.1 Å². The zero-order valence-electron chi connectivity index (χ0n) is 14.3. The lowest BCUT2D eigenvalue weighted by molar-refractivity contribution is -0.115. The van der Waals surface area contributed by atoms with Crippen LogP contribution in [0.25, 0.3) is 11.1 Å². The van der Waals surface area contributed by atoms with E-state index in [-0.39, 0.29) is 11.2 Å². The van der Waals surface area contributed by atoms with Gasteiger partial charge < -0.3 is 9.88 Å². The van der Waals surface area contributed by atoms with E-state index >= 15 is 0 Å². The van der Waals surface area contributed by atoms with Crippen LogP contribution < -0.4 is 5.32 Å². The number of amides is 1. The molecule has 2 aromatic carbocycles. The van der Waals surface area contributed by atoms with Crippen LogP contribution in [0.3, 0.4) is 0 Å². The molecule has 3 aromatic rings. The Morgan fingerprint density at radius 1 is 1.16 bits per heavy atom. The quantitative estimate of drug-likeness (QED) is 0.655. The first kappa shape index (κ1) is 17.3. The lowest BCUT2D eigenvalue weighted by Crippen LogP contribution is -2.23. The fourth-order valence-corrected chi connectivity index (χ4v) is 3.49. The second kappa shape index (κ2) is 8.03. The fourth-order valence-electron chi connectivity index (χ4n) is 2.56. The van der Waals surface area contributed by atoms with Crippen molar-refractivity contribution in [3.63, 3.8) is 0 Å². The lowest BCUT2D eigenvalue weighted by atomic mass is 10.0. The third-order valence-corrected chi connectivity index (χ3v) is 5.06. The molecule has 0 aliphatic rings. The summed E-state index contributed by atoms with van der Waals surface area (Å²) in [5.74, 6) is -0.0287. The highest BCUT2D eigenvalue weighted by molar-refractivity contribution is 8.00. The molecular formula is C20H21N3OS. The van der Waals surface area contributed by atoms with Gasteiger partial charge in [0.15, 0.2) is 5.16 Å². The number of benzene rings is 2. The third kappa shape index (κ3) is 4.12.